The Kier molecular flexibility index (Phi) is 6.38. The highest BCUT2D eigenvalue weighted by Gasteiger charge is 2.46. The molecule has 3 aliphatic heterocycles. The number of nitrogens with zero attached hydrogens (tertiary/aromatic N) is 2. The number of hydrogen-bond donors (Lipinski definition) is 1. The predicted octanol–water partition coefficient (Wildman–Crippen LogP) is 3.72. The number of aliphatic hydroxyl groups excluding tert-OH is 1. The molecular weight excluding hydrogens is 448 g/mol. The van der Waals surface area contributed by atoms with E-state index in [9.17, 15) is 14.7 Å². The molecule has 2 saturated heterocycles. The maximum absolute atomic E-state index is 13.3. The van der Waals surface area contributed by atoms with Crippen molar-refractivity contribution in [2.45, 2.75) is 38.8 Å². The molecule has 0 radical (unpaired) electrons. The van der Waals surface area contributed by atoms with E-state index in [0.29, 0.717) is 35.9 Å². The topological polar surface area (TPSA) is 88.5 Å². The molecule has 1 amide bonds. The number of Topliss-reactive ketones (excluding diaryl/α,β-unsaturated/α-hetero) is 1. The molecule has 1 unspecified atom stereocenters. The Hall–Kier alpha value is -3.52. The van der Waals surface area contributed by atoms with Crippen LogP contribution in [0.3, 0.4) is 0 Å². The number of rotatable bonds is 7. The second-order valence-electron chi connectivity index (χ2n) is 9.34. The molecule has 1 atom stereocenters. The van der Waals surface area contributed by atoms with Gasteiger partial charge in [0, 0.05) is 18.7 Å². The van der Waals surface area contributed by atoms with Crippen LogP contribution in [-0.4, -0.2) is 65.7 Å². The quantitative estimate of drug-likeness (QED) is 0.369. The van der Waals surface area contributed by atoms with Gasteiger partial charge < -0.3 is 29.1 Å². The van der Waals surface area contributed by atoms with Gasteiger partial charge in [-0.05, 0) is 75.7 Å². The van der Waals surface area contributed by atoms with Crippen molar-refractivity contribution in [1.29, 1.82) is 0 Å². The largest absolute Gasteiger partial charge is 0.507 e. The number of aliphatic hydroxyl groups is 1. The van der Waals surface area contributed by atoms with Crippen LogP contribution in [-0.2, 0) is 9.59 Å². The molecule has 0 aliphatic carbocycles. The number of benzene rings is 2. The van der Waals surface area contributed by atoms with Gasteiger partial charge in [-0.15, -0.1) is 0 Å². The zero-order valence-corrected chi connectivity index (χ0v) is 20.0. The molecule has 35 heavy (non-hydrogen) atoms. The lowest BCUT2D eigenvalue weighted by Crippen LogP contribution is -2.37. The molecule has 2 aromatic carbocycles. The predicted molar refractivity (Wildman–Crippen MR) is 129 cm³/mol. The normalized spacial score (nSPS) is 21.3. The van der Waals surface area contributed by atoms with E-state index in [2.05, 4.69) is 4.90 Å². The van der Waals surface area contributed by atoms with Crippen molar-refractivity contribution in [1.82, 2.24) is 9.80 Å². The van der Waals surface area contributed by atoms with Crippen molar-refractivity contribution in [3.05, 3.63) is 59.2 Å². The molecule has 2 fully saturated rings. The molecule has 184 valence electrons. The minimum Gasteiger partial charge on any atom is -0.507 e. The number of amides is 1. The number of likely N-dealkylation sites (tertiary alicyclic amines) is 2. The molecule has 8 heteroatoms. The van der Waals surface area contributed by atoms with Gasteiger partial charge in [0.05, 0.1) is 17.7 Å². The van der Waals surface area contributed by atoms with E-state index in [1.54, 1.807) is 23.1 Å². The van der Waals surface area contributed by atoms with Crippen LogP contribution < -0.4 is 14.2 Å². The van der Waals surface area contributed by atoms with Crippen LogP contribution in [0.5, 0.6) is 17.2 Å². The number of hydrogen-bond acceptors (Lipinski definition) is 7. The third-order valence-electron chi connectivity index (χ3n) is 6.61. The van der Waals surface area contributed by atoms with Crippen LogP contribution >= 0.6 is 0 Å². The standard InChI is InChI=1S/C27H30N2O6/c1-17(2)35-20-8-5-18(6-9-20)24-23(25(30)19-7-10-21-22(15-19)34-16-33-21)26(31)27(32)29(24)14-13-28-11-3-4-12-28/h5-10,15,17,24,30H,3-4,11-14,16H2,1-2H3/b25-23+. The molecule has 0 aromatic heterocycles. The first-order valence-electron chi connectivity index (χ1n) is 12.1. The third kappa shape index (κ3) is 4.58. The Balaban J connectivity index is 1.53. The Labute approximate surface area is 204 Å². The van der Waals surface area contributed by atoms with Crippen molar-refractivity contribution >= 4 is 17.4 Å². The molecule has 3 heterocycles. The molecule has 0 bridgehead atoms. The first-order valence-corrected chi connectivity index (χ1v) is 12.1. The summed E-state index contributed by atoms with van der Waals surface area (Å²) in [6.45, 7) is 7.07. The van der Waals surface area contributed by atoms with Crippen LogP contribution in [0, 0.1) is 0 Å². The minimum atomic E-state index is -0.698. The number of carbonyl (C=O) groups excluding carboxylic acids is 2. The van der Waals surface area contributed by atoms with Crippen molar-refractivity contribution in [2.24, 2.45) is 0 Å². The van der Waals surface area contributed by atoms with E-state index in [0.717, 1.165) is 31.5 Å². The van der Waals surface area contributed by atoms with Crippen molar-refractivity contribution in [3.8, 4) is 17.2 Å². The summed E-state index contributed by atoms with van der Waals surface area (Å²) in [6.07, 6.45) is 2.31. The zero-order chi connectivity index (χ0) is 24.5. The van der Waals surface area contributed by atoms with Gasteiger partial charge in [0.25, 0.3) is 11.7 Å². The summed E-state index contributed by atoms with van der Waals surface area (Å²) < 4.78 is 16.6. The number of carbonyl (C=O) groups is 2. The summed E-state index contributed by atoms with van der Waals surface area (Å²) in [6, 6.07) is 11.6. The number of ether oxygens (including phenoxy) is 3. The average molecular weight is 479 g/mol. The smallest absolute Gasteiger partial charge is 0.295 e. The Morgan fingerprint density at radius 3 is 2.46 bits per heavy atom. The lowest BCUT2D eigenvalue weighted by atomic mass is 9.95. The van der Waals surface area contributed by atoms with E-state index < -0.39 is 17.7 Å². The summed E-state index contributed by atoms with van der Waals surface area (Å²) in [5.41, 5.74) is 1.22. The van der Waals surface area contributed by atoms with Gasteiger partial charge >= 0.3 is 0 Å². The zero-order valence-electron chi connectivity index (χ0n) is 20.0. The fourth-order valence-electron chi connectivity index (χ4n) is 4.91. The fraction of sp³-hybridized carbons (Fsp3) is 0.407. The highest BCUT2D eigenvalue weighted by molar-refractivity contribution is 6.46. The van der Waals surface area contributed by atoms with Gasteiger partial charge in [0.1, 0.15) is 11.5 Å². The number of ketones is 1. The highest BCUT2D eigenvalue weighted by atomic mass is 16.7. The van der Waals surface area contributed by atoms with Gasteiger partial charge in [0.2, 0.25) is 6.79 Å². The first kappa shape index (κ1) is 23.2. The average Bonchev–Trinajstić information content (AvgIpc) is 3.58. The fourth-order valence-corrected chi connectivity index (χ4v) is 4.91. The molecule has 1 N–H and O–H groups in total. The Morgan fingerprint density at radius 2 is 1.74 bits per heavy atom. The van der Waals surface area contributed by atoms with Crippen LogP contribution in [0.2, 0.25) is 0 Å². The Bertz CT molecular complexity index is 1150. The number of fused-ring (bicyclic) bond motifs is 1. The molecule has 0 saturated carbocycles. The maximum atomic E-state index is 13.3. The second-order valence-corrected chi connectivity index (χ2v) is 9.34. The van der Waals surface area contributed by atoms with E-state index in [-0.39, 0.29) is 24.2 Å². The maximum Gasteiger partial charge on any atom is 0.295 e. The summed E-state index contributed by atoms with van der Waals surface area (Å²) in [7, 11) is 0. The molecule has 0 spiro atoms. The molecular formula is C27H30N2O6. The monoisotopic (exact) mass is 478 g/mol. The lowest BCUT2D eigenvalue weighted by molar-refractivity contribution is -0.140. The third-order valence-corrected chi connectivity index (χ3v) is 6.61. The summed E-state index contributed by atoms with van der Waals surface area (Å²) in [4.78, 5) is 30.3. The van der Waals surface area contributed by atoms with E-state index >= 15 is 0 Å². The van der Waals surface area contributed by atoms with E-state index in [4.69, 9.17) is 14.2 Å². The van der Waals surface area contributed by atoms with Crippen LogP contribution in [0.25, 0.3) is 5.76 Å². The van der Waals surface area contributed by atoms with Crippen molar-refractivity contribution in [3.63, 3.8) is 0 Å². The second kappa shape index (κ2) is 9.62. The van der Waals surface area contributed by atoms with E-state index in [1.807, 2.05) is 38.1 Å². The van der Waals surface area contributed by atoms with Gasteiger partial charge in [-0.25, -0.2) is 0 Å². The van der Waals surface area contributed by atoms with E-state index in [1.165, 1.54) is 0 Å². The minimum absolute atomic E-state index is 0.0259. The van der Waals surface area contributed by atoms with Gasteiger partial charge in [-0.3, -0.25) is 9.59 Å². The lowest BCUT2D eigenvalue weighted by Gasteiger charge is -2.27. The van der Waals surface area contributed by atoms with Crippen LogP contribution in [0.4, 0.5) is 0 Å². The molecule has 5 rings (SSSR count). The molecule has 2 aromatic rings. The molecule has 3 aliphatic rings. The molecule has 8 nitrogen and oxygen atoms in total. The Morgan fingerprint density at radius 1 is 1.03 bits per heavy atom. The van der Waals surface area contributed by atoms with Crippen LogP contribution in [0.1, 0.15) is 43.9 Å². The van der Waals surface area contributed by atoms with Gasteiger partial charge in [-0.1, -0.05) is 12.1 Å². The highest BCUT2D eigenvalue weighted by Crippen LogP contribution is 2.41. The van der Waals surface area contributed by atoms with Gasteiger partial charge in [0.15, 0.2) is 11.5 Å². The SMILES string of the molecule is CC(C)Oc1ccc(C2/C(=C(\O)c3ccc4c(c3)OCO4)C(=O)C(=O)N2CCN2CCCC2)cc1. The summed E-state index contributed by atoms with van der Waals surface area (Å²) in [5, 5.41) is 11.3. The summed E-state index contributed by atoms with van der Waals surface area (Å²) >= 11 is 0. The first-order chi connectivity index (χ1) is 16.9. The van der Waals surface area contributed by atoms with Crippen LogP contribution in [0.15, 0.2) is 48.0 Å². The van der Waals surface area contributed by atoms with Gasteiger partial charge in [-0.2, -0.15) is 0 Å². The summed E-state index contributed by atoms with van der Waals surface area (Å²) in [5.74, 6) is 0.258. The van der Waals surface area contributed by atoms with Crippen molar-refractivity contribution < 1.29 is 28.9 Å². The van der Waals surface area contributed by atoms with Crippen molar-refractivity contribution in [2.75, 3.05) is 33.0 Å².